The van der Waals surface area contributed by atoms with E-state index in [0.29, 0.717) is 11.8 Å². The summed E-state index contributed by atoms with van der Waals surface area (Å²) in [5, 5.41) is 2.36. The standard InChI is InChI=1S/C36H33N3S/c1-24(2)32-16-9-17-33(25(3)4)35(32)39-19-18-37-36(39)28-13-8-15-31(21-28)40-30-14-7-12-27(20-30)34-22-26-10-5-6-11-29(26)23-38-34/h5-25H,1-4H3. The molecule has 0 aliphatic rings. The van der Waals surface area contributed by atoms with Crippen molar-refractivity contribution in [3.63, 3.8) is 0 Å². The number of benzene rings is 4. The monoisotopic (exact) mass is 539 g/mol. The zero-order valence-corrected chi connectivity index (χ0v) is 24.2. The van der Waals surface area contributed by atoms with Crippen LogP contribution in [0.3, 0.4) is 0 Å². The summed E-state index contributed by atoms with van der Waals surface area (Å²) in [5.74, 6) is 1.79. The molecule has 40 heavy (non-hydrogen) atoms. The quantitative estimate of drug-likeness (QED) is 0.202. The van der Waals surface area contributed by atoms with Gasteiger partial charge in [-0.15, -0.1) is 0 Å². The van der Waals surface area contributed by atoms with Crippen LogP contribution >= 0.6 is 11.8 Å². The normalized spacial score (nSPS) is 11.6. The van der Waals surface area contributed by atoms with Gasteiger partial charge in [0.05, 0.1) is 11.4 Å². The summed E-state index contributed by atoms with van der Waals surface area (Å²) in [5.41, 5.74) is 7.16. The molecule has 0 saturated carbocycles. The Balaban J connectivity index is 1.33. The van der Waals surface area contributed by atoms with Crippen molar-refractivity contribution in [1.82, 2.24) is 14.5 Å². The Bertz CT molecular complexity index is 1770. The Morgan fingerprint density at radius 2 is 1.25 bits per heavy atom. The smallest absolute Gasteiger partial charge is 0.144 e. The number of fused-ring (bicyclic) bond motifs is 1. The van der Waals surface area contributed by atoms with Gasteiger partial charge in [0.1, 0.15) is 5.82 Å². The molecule has 0 aliphatic heterocycles. The highest BCUT2D eigenvalue weighted by Gasteiger charge is 2.18. The van der Waals surface area contributed by atoms with E-state index in [1.165, 1.54) is 32.0 Å². The Morgan fingerprint density at radius 1 is 0.625 bits per heavy atom. The molecule has 4 aromatic carbocycles. The average molecular weight is 540 g/mol. The average Bonchev–Trinajstić information content (AvgIpc) is 3.46. The van der Waals surface area contributed by atoms with Crippen molar-refractivity contribution in [2.24, 2.45) is 0 Å². The maximum atomic E-state index is 4.84. The SMILES string of the molecule is CC(C)c1cccc(C(C)C)c1-n1ccnc1-c1cccc(Sc2cccc(-c3cc4ccccc4cn3)c2)c1. The van der Waals surface area contributed by atoms with Gasteiger partial charge in [-0.1, -0.05) is 106 Å². The van der Waals surface area contributed by atoms with Gasteiger partial charge < -0.3 is 0 Å². The molecule has 0 fully saturated rings. The van der Waals surface area contributed by atoms with Gasteiger partial charge in [0.25, 0.3) is 0 Å². The molecule has 0 unspecified atom stereocenters. The first kappa shape index (κ1) is 26.1. The van der Waals surface area contributed by atoms with Crippen LogP contribution in [0.4, 0.5) is 0 Å². The predicted molar refractivity (Wildman–Crippen MR) is 168 cm³/mol. The van der Waals surface area contributed by atoms with E-state index >= 15 is 0 Å². The second-order valence-electron chi connectivity index (χ2n) is 10.8. The van der Waals surface area contributed by atoms with Crippen LogP contribution in [0.1, 0.15) is 50.7 Å². The minimum absolute atomic E-state index is 0.412. The van der Waals surface area contributed by atoms with Gasteiger partial charge in [-0.3, -0.25) is 9.55 Å². The van der Waals surface area contributed by atoms with Crippen LogP contribution in [0.2, 0.25) is 0 Å². The van der Waals surface area contributed by atoms with E-state index in [-0.39, 0.29) is 0 Å². The number of rotatable bonds is 7. The van der Waals surface area contributed by atoms with Gasteiger partial charge in [-0.05, 0) is 58.7 Å². The van der Waals surface area contributed by atoms with Crippen LogP contribution in [0.15, 0.2) is 125 Å². The highest BCUT2D eigenvalue weighted by atomic mass is 32.2. The van der Waals surface area contributed by atoms with Crippen LogP contribution in [0.25, 0.3) is 39.1 Å². The molecule has 2 heterocycles. The lowest BCUT2D eigenvalue weighted by Crippen LogP contribution is -2.07. The molecule has 198 valence electrons. The van der Waals surface area contributed by atoms with Crippen molar-refractivity contribution in [3.05, 3.63) is 127 Å². The summed E-state index contributed by atoms with van der Waals surface area (Å²) in [6.07, 6.45) is 5.97. The molecule has 0 radical (unpaired) electrons. The first-order chi connectivity index (χ1) is 19.5. The van der Waals surface area contributed by atoms with Crippen molar-refractivity contribution in [2.75, 3.05) is 0 Å². The number of hydrogen-bond acceptors (Lipinski definition) is 3. The Kier molecular flexibility index (Phi) is 7.27. The minimum Gasteiger partial charge on any atom is -0.299 e. The lowest BCUT2D eigenvalue weighted by Gasteiger charge is -2.22. The number of para-hydroxylation sites is 1. The molecule has 0 aliphatic carbocycles. The van der Waals surface area contributed by atoms with Crippen molar-refractivity contribution in [1.29, 1.82) is 0 Å². The third kappa shape index (κ3) is 5.20. The zero-order valence-electron chi connectivity index (χ0n) is 23.4. The topological polar surface area (TPSA) is 30.7 Å². The number of imidazole rings is 1. The fraction of sp³-hybridized carbons (Fsp3) is 0.167. The fourth-order valence-corrected chi connectivity index (χ4v) is 6.22. The number of hydrogen-bond donors (Lipinski definition) is 0. The largest absolute Gasteiger partial charge is 0.299 e. The molecule has 6 aromatic rings. The van der Waals surface area contributed by atoms with Crippen LogP contribution in [0.5, 0.6) is 0 Å². The van der Waals surface area contributed by atoms with E-state index in [4.69, 9.17) is 9.97 Å². The van der Waals surface area contributed by atoms with E-state index in [0.717, 1.165) is 28.0 Å². The highest BCUT2D eigenvalue weighted by Crippen LogP contribution is 2.36. The lowest BCUT2D eigenvalue weighted by atomic mass is 9.92. The first-order valence-corrected chi connectivity index (χ1v) is 14.7. The van der Waals surface area contributed by atoms with Crippen molar-refractivity contribution < 1.29 is 0 Å². The van der Waals surface area contributed by atoms with Crippen LogP contribution < -0.4 is 0 Å². The molecule has 0 N–H and O–H groups in total. The first-order valence-electron chi connectivity index (χ1n) is 13.9. The van der Waals surface area contributed by atoms with Gasteiger partial charge in [-0.2, -0.15) is 0 Å². The maximum absolute atomic E-state index is 4.84. The van der Waals surface area contributed by atoms with E-state index in [1.54, 1.807) is 11.8 Å². The second-order valence-corrected chi connectivity index (χ2v) is 11.9. The molecule has 0 spiro atoms. The summed E-state index contributed by atoms with van der Waals surface area (Å²) in [7, 11) is 0. The Labute approximate surface area is 241 Å². The maximum Gasteiger partial charge on any atom is 0.144 e. The molecule has 0 bridgehead atoms. The summed E-state index contributed by atoms with van der Waals surface area (Å²) in [4.78, 5) is 11.9. The Hall–Kier alpha value is -4.15. The van der Waals surface area contributed by atoms with E-state index in [9.17, 15) is 0 Å². The van der Waals surface area contributed by atoms with Crippen LogP contribution in [0, 0.1) is 0 Å². The summed E-state index contributed by atoms with van der Waals surface area (Å²) in [6, 6.07) is 34.5. The highest BCUT2D eigenvalue weighted by molar-refractivity contribution is 7.99. The van der Waals surface area contributed by atoms with Gasteiger partial charge >= 0.3 is 0 Å². The number of aromatic nitrogens is 3. The van der Waals surface area contributed by atoms with Gasteiger partial charge in [0.2, 0.25) is 0 Å². The van der Waals surface area contributed by atoms with Crippen LogP contribution in [-0.4, -0.2) is 14.5 Å². The molecule has 0 amide bonds. The Morgan fingerprint density at radius 3 is 1.95 bits per heavy atom. The van der Waals surface area contributed by atoms with Crippen molar-refractivity contribution >= 4 is 22.5 Å². The van der Waals surface area contributed by atoms with Gasteiger partial charge in [0.15, 0.2) is 0 Å². The predicted octanol–water partition coefficient (Wildman–Crippen LogP) is 10.2. The van der Waals surface area contributed by atoms with Crippen LogP contribution in [-0.2, 0) is 0 Å². The third-order valence-electron chi connectivity index (χ3n) is 7.31. The molecule has 2 aromatic heterocycles. The molecule has 3 nitrogen and oxygen atoms in total. The van der Waals surface area contributed by atoms with E-state index < -0.39 is 0 Å². The summed E-state index contributed by atoms with van der Waals surface area (Å²) >= 11 is 1.76. The molecular weight excluding hydrogens is 506 g/mol. The van der Waals surface area contributed by atoms with E-state index in [1.807, 2.05) is 18.5 Å². The zero-order chi connectivity index (χ0) is 27.6. The summed E-state index contributed by atoms with van der Waals surface area (Å²) in [6.45, 7) is 9.05. The van der Waals surface area contributed by atoms with E-state index in [2.05, 4.69) is 129 Å². The molecular formula is C36H33N3S. The molecule has 6 rings (SSSR count). The molecule has 0 atom stereocenters. The minimum atomic E-state index is 0.412. The van der Waals surface area contributed by atoms with Crippen molar-refractivity contribution in [3.8, 4) is 28.3 Å². The molecule has 4 heteroatoms. The third-order valence-corrected chi connectivity index (χ3v) is 8.29. The number of nitrogens with zero attached hydrogens (tertiary/aromatic N) is 3. The number of pyridine rings is 1. The lowest BCUT2D eigenvalue weighted by molar-refractivity contribution is 0.806. The molecule has 0 saturated heterocycles. The van der Waals surface area contributed by atoms with Gasteiger partial charge in [0, 0.05) is 44.9 Å². The fourth-order valence-electron chi connectivity index (χ4n) is 5.28. The van der Waals surface area contributed by atoms with Gasteiger partial charge in [-0.25, -0.2) is 4.98 Å². The van der Waals surface area contributed by atoms with Crippen molar-refractivity contribution in [2.45, 2.75) is 49.3 Å². The summed E-state index contributed by atoms with van der Waals surface area (Å²) < 4.78 is 2.28. The second kappa shape index (κ2) is 11.1.